The number of amides is 1. The molecule has 0 saturated carbocycles. The predicted octanol–water partition coefficient (Wildman–Crippen LogP) is 0.866. The summed E-state index contributed by atoms with van der Waals surface area (Å²) < 4.78 is 5.30. The molecular weight excluding hydrogens is 236 g/mol. The monoisotopic (exact) mass is 252 g/mol. The minimum Gasteiger partial charge on any atom is -0.378 e. The van der Waals surface area contributed by atoms with Gasteiger partial charge in [0, 0.05) is 30.1 Å². The van der Waals surface area contributed by atoms with Gasteiger partial charge in [-0.3, -0.25) is 4.79 Å². The second-order valence-electron chi connectivity index (χ2n) is 3.82. The van der Waals surface area contributed by atoms with E-state index >= 15 is 0 Å². The Kier molecular flexibility index (Phi) is 4.73. The van der Waals surface area contributed by atoms with Crippen molar-refractivity contribution < 1.29 is 9.53 Å². The first-order valence-corrected chi connectivity index (χ1v) is 6.53. The molecule has 1 unspecified atom stereocenters. The minimum atomic E-state index is -0.0641. The summed E-state index contributed by atoms with van der Waals surface area (Å²) in [5.74, 6) is -0.0641. The molecule has 1 aliphatic heterocycles. The number of ether oxygens (including phenoxy) is 1. The van der Waals surface area contributed by atoms with Gasteiger partial charge in [-0.15, -0.1) is 11.3 Å². The highest BCUT2D eigenvalue weighted by molar-refractivity contribution is 7.10. The van der Waals surface area contributed by atoms with E-state index in [9.17, 15) is 4.79 Å². The lowest BCUT2D eigenvalue weighted by molar-refractivity contribution is -0.116. The Morgan fingerprint density at radius 2 is 2.65 bits per heavy atom. The molecule has 1 aromatic rings. The fourth-order valence-electron chi connectivity index (χ4n) is 1.58. The van der Waals surface area contributed by atoms with Crippen molar-refractivity contribution in [2.45, 2.75) is 6.04 Å². The number of rotatable bonds is 4. The van der Waals surface area contributed by atoms with Crippen molar-refractivity contribution in [3.8, 4) is 0 Å². The Morgan fingerprint density at radius 3 is 3.35 bits per heavy atom. The second-order valence-corrected chi connectivity index (χ2v) is 4.80. The van der Waals surface area contributed by atoms with E-state index in [0.717, 1.165) is 18.0 Å². The molecule has 0 bridgehead atoms. The smallest absolute Gasteiger partial charge is 0.244 e. The zero-order valence-corrected chi connectivity index (χ0v) is 10.3. The van der Waals surface area contributed by atoms with Crippen LogP contribution in [0.5, 0.6) is 0 Å². The van der Waals surface area contributed by atoms with Crippen LogP contribution in [0.25, 0.3) is 6.08 Å². The summed E-state index contributed by atoms with van der Waals surface area (Å²) in [5.41, 5.74) is 0. The number of nitrogens with one attached hydrogen (secondary N) is 2. The van der Waals surface area contributed by atoms with Crippen molar-refractivity contribution in [1.82, 2.24) is 10.6 Å². The number of morpholine rings is 1. The number of thiophene rings is 1. The van der Waals surface area contributed by atoms with E-state index in [1.807, 2.05) is 23.6 Å². The third kappa shape index (κ3) is 4.30. The molecule has 0 radical (unpaired) electrons. The standard InChI is InChI=1S/C12H16N2O2S/c15-12(4-3-11-2-1-7-17-11)14-8-10-9-16-6-5-13-10/h1-4,7,10,13H,5-6,8-9H2,(H,14,15)/b4-3+. The van der Waals surface area contributed by atoms with Gasteiger partial charge in [0.05, 0.1) is 13.2 Å². The second kappa shape index (κ2) is 6.54. The van der Waals surface area contributed by atoms with Gasteiger partial charge in [0.1, 0.15) is 0 Å². The van der Waals surface area contributed by atoms with Crippen LogP contribution in [-0.2, 0) is 9.53 Å². The van der Waals surface area contributed by atoms with Crippen LogP contribution in [0, 0.1) is 0 Å². The molecule has 1 fully saturated rings. The van der Waals surface area contributed by atoms with Gasteiger partial charge in [-0.05, 0) is 17.5 Å². The SMILES string of the molecule is O=C(/C=C/c1cccs1)NCC1COCCN1. The van der Waals surface area contributed by atoms with E-state index in [-0.39, 0.29) is 11.9 Å². The van der Waals surface area contributed by atoms with Crippen LogP contribution >= 0.6 is 11.3 Å². The molecule has 0 aromatic carbocycles. The van der Waals surface area contributed by atoms with Crippen molar-refractivity contribution in [2.75, 3.05) is 26.3 Å². The summed E-state index contributed by atoms with van der Waals surface area (Å²) in [6.07, 6.45) is 3.39. The summed E-state index contributed by atoms with van der Waals surface area (Å²) in [5, 5.41) is 8.12. The molecule has 2 rings (SSSR count). The number of carbonyl (C=O) groups excluding carboxylic acids is 1. The summed E-state index contributed by atoms with van der Waals surface area (Å²) in [7, 11) is 0. The first kappa shape index (κ1) is 12.3. The molecule has 5 heteroatoms. The van der Waals surface area contributed by atoms with Crippen molar-refractivity contribution in [1.29, 1.82) is 0 Å². The third-order valence-electron chi connectivity index (χ3n) is 2.46. The fraction of sp³-hybridized carbons (Fsp3) is 0.417. The average Bonchev–Trinajstić information content (AvgIpc) is 2.88. The lowest BCUT2D eigenvalue weighted by atomic mass is 10.3. The highest BCUT2D eigenvalue weighted by atomic mass is 32.1. The van der Waals surface area contributed by atoms with Gasteiger partial charge in [-0.1, -0.05) is 6.07 Å². The largest absolute Gasteiger partial charge is 0.378 e. The molecule has 17 heavy (non-hydrogen) atoms. The van der Waals surface area contributed by atoms with E-state index < -0.39 is 0 Å². The van der Waals surface area contributed by atoms with Crippen LogP contribution in [0.1, 0.15) is 4.88 Å². The van der Waals surface area contributed by atoms with E-state index in [0.29, 0.717) is 13.2 Å². The van der Waals surface area contributed by atoms with E-state index in [4.69, 9.17) is 4.74 Å². The van der Waals surface area contributed by atoms with Crippen molar-refractivity contribution >= 4 is 23.3 Å². The molecule has 1 aromatic heterocycles. The molecule has 4 nitrogen and oxygen atoms in total. The van der Waals surface area contributed by atoms with Gasteiger partial charge < -0.3 is 15.4 Å². The molecule has 1 amide bonds. The predicted molar refractivity (Wildman–Crippen MR) is 69.0 cm³/mol. The first-order valence-electron chi connectivity index (χ1n) is 5.65. The Bertz CT molecular complexity index is 370. The minimum absolute atomic E-state index is 0.0641. The van der Waals surface area contributed by atoms with Gasteiger partial charge >= 0.3 is 0 Å². The Balaban J connectivity index is 1.70. The number of carbonyl (C=O) groups is 1. The van der Waals surface area contributed by atoms with Crippen molar-refractivity contribution in [3.05, 3.63) is 28.5 Å². The van der Waals surface area contributed by atoms with Crippen LogP contribution in [0.2, 0.25) is 0 Å². The van der Waals surface area contributed by atoms with Gasteiger partial charge in [0.15, 0.2) is 0 Å². The van der Waals surface area contributed by atoms with E-state index in [1.54, 1.807) is 17.4 Å². The highest BCUT2D eigenvalue weighted by Gasteiger charge is 2.12. The Hall–Kier alpha value is -1.17. The maximum absolute atomic E-state index is 11.5. The van der Waals surface area contributed by atoms with Gasteiger partial charge in [0.25, 0.3) is 0 Å². The molecule has 1 aliphatic rings. The normalized spacial score (nSPS) is 20.6. The quantitative estimate of drug-likeness (QED) is 0.782. The number of hydrogen-bond acceptors (Lipinski definition) is 4. The molecular formula is C12H16N2O2S. The lowest BCUT2D eigenvalue weighted by Gasteiger charge is -2.23. The molecule has 1 atom stereocenters. The maximum atomic E-state index is 11.5. The third-order valence-corrected chi connectivity index (χ3v) is 3.30. The Labute approximate surface area is 105 Å². The molecule has 0 aliphatic carbocycles. The lowest BCUT2D eigenvalue weighted by Crippen LogP contribution is -2.48. The summed E-state index contributed by atoms with van der Waals surface area (Å²) in [4.78, 5) is 12.6. The maximum Gasteiger partial charge on any atom is 0.244 e. The fourth-order valence-corrected chi connectivity index (χ4v) is 2.20. The molecule has 1 saturated heterocycles. The topological polar surface area (TPSA) is 50.4 Å². The zero-order valence-electron chi connectivity index (χ0n) is 9.52. The van der Waals surface area contributed by atoms with Crippen molar-refractivity contribution in [2.24, 2.45) is 0 Å². The zero-order chi connectivity index (χ0) is 11.9. The molecule has 0 spiro atoms. The van der Waals surface area contributed by atoms with Gasteiger partial charge in [0.2, 0.25) is 5.91 Å². The van der Waals surface area contributed by atoms with Crippen LogP contribution in [0.3, 0.4) is 0 Å². The highest BCUT2D eigenvalue weighted by Crippen LogP contribution is 2.09. The molecule has 2 N–H and O–H groups in total. The van der Waals surface area contributed by atoms with E-state index in [1.165, 1.54) is 0 Å². The average molecular weight is 252 g/mol. The Morgan fingerprint density at radius 1 is 1.71 bits per heavy atom. The van der Waals surface area contributed by atoms with Crippen LogP contribution in [-0.4, -0.2) is 38.3 Å². The van der Waals surface area contributed by atoms with Crippen LogP contribution < -0.4 is 10.6 Å². The summed E-state index contributed by atoms with van der Waals surface area (Å²) in [6.45, 7) is 2.87. The summed E-state index contributed by atoms with van der Waals surface area (Å²) >= 11 is 1.61. The number of hydrogen-bond donors (Lipinski definition) is 2. The van der Waals surface area contributed by atoms with Gasteiger partial charge in [-0.2, -0.15) is 0 Å². The molecule has 92 valence electrons. The van der Waals surface area contributed by atoms with Crippen molar-refractivity contribution in [3.63, 3.8) is 0 Å². The van der Waals surface area contributed by atoms with Crippen LogP contribution in [0.15, 0.2) is 23.6 Å². The summed E-state index contributed by atoms with van der Waals surface area (Å²) in [6, 6.07) is 4.17. The van der Waals surface area contributed by atoms with Gasteiger partial charge in [-0.25, -0.2) is 0 Å². The van der Waals surface area contributed by atoms with Crippen LogP contribution in [0.4, 0.5) is 0 Å². The first-order chi connectivity index (χ1) is 8.34. The molecule has 2 heterocycles. The van der Waals surface area contributed by atoms with E-state index in [2.05, 4.69) is 10.6 Å².